The molecule has 0 spiro atoms. The van der Waals surface area contributed by atoms with Gasteiger partial charge in [-0.3, -0.25) is 4.79 Å². The highest BCUT2D eigenvalue weighted by Gasteiger charge is 2.11. The number of hydrogen-bond acceptors (Lipinski definition) is 4. The van der Waals surface area contributed by atoms with Gasteiger partial charge in [0.2, 0.25) is 0 Å². The van der Waals surface area contributed by atoms with E-state index >= 15 is 0 Å². The number of benzene rings is 1. The van der Waals surface area contributed by atoms with Crippen LogP contribution in [0.5, 0.6) is 5.75 Å². The average molecular weight is 308 g/mol. The molecule has 6 nitrogen and oxygen atoms in total. The second-order valence-corrected chi connectivity index (χ2v) is 5.23. The van der Waals surface area contributed by atoms with E-state index in [1.165, 1.54) is 0 Å². The van der Waals surface area contributed by atoms with Gasteiger partial charge in [0.05, 0.1) is 19.6 Å². The van der Waals surface area contributed by atoms with Gasteiger partial charge in [-0.2, -0.15) is 0 Å². The standard InChI is InChI=1S/C16H24N2O4/c1-12(2)22-15(19)8-9-17-16(20)18(3)11-13-6-5-7-14(10-13)21-4/h5-7,10,12H,8-9,11H2,1-4H3,(H,17,20). The van der Waals surface area contributed by atoms with Crippen molar-refractivity contribution in [3.8, 4) is 5.75 Å². The number of urea groups is 1. The Morgan fingerprint density at radius 3 is 2.68 bits per heavy atom. The zero-order valence-electron chi connectivity index (χ0n) is 13.6. The number of amides is 2. The highest BCUT2D eigenvalue weighted by molar-refractivity contribution is 5.75. The summed E-state index contributed by atoms with van der Waals surface area (Å²) in [5.41, 5.74) is 0.969. The van der Waals surface area contributed by atoms with Crippen molar-refractivity contribution < 1.29 is 19.1 Å². The fourth-order valence-electron chi connectivity index (χ4n) is 1.84. The molecule has 1 aromatic rings. The molecule has 22 heavy (non-hydrogen) atoms. The van der Waals surface area contributed by atoms with E-state index in [9.17, 15) is 9.59 Å². The molecule has 0 saturated heterocycles. The van der Waals surface area contributed by atoms with Gasteiger partial charge in [-0.1, -0.05) is 12.1 Å². The Morgan fingerprint density at radius 2 is 2.05 bits per heavy atom. The molecule has 1 N–H and O–H groups in total. The van der Waals surface area contributed by atoms with E-state index in [0.29, 0.717) is 6.54 Å². The van der Waals surface area contributed by atoms with Crippen LogP contribution in [0.2, 0.25) is 0 Å². The lowest BCUT2D eigenvalue weighted by Gasteiger charge is -2.18. The maximum Gasteiger partial charge on any atom is 0.317 e. The third kappa shape index (κ3) is 6.47. The molecule has 2 amide bonds. The first-order valence-corrected chi connectivity index (χ1v) is 7.23. The van der Waals surface area contributed by atoms with Crippen LogP contribution in [0.4, 0.5) is 4.79 Å². The van der Waals surface area contributed by atoms with Crippen molar-refractivity contribution in [3.63, 3.8) is 0 Å². The quantitative estimate of drug-likeness (QED) is 0.784. The van der Waals surface area contributed by atoms with Crippen molar-refractivity contribution in [1.82, 2.24) is 10.2 Å². The number of hydrogen-bond donors (Lipinski definition) is 1. The minimum atomic E-state index is -0.314. The molecule has 0 atom stereocenters. The summed E-state index contributed by atoms with van der Waals surface area (Å²) < 4.78 is 10.1. The highest BCUT2D eigenvalue weighted by atomic mass is 16.5. The summed E-state index contributed by atoms with van der Waals surface area (Å²) in [4.78, 5) is 24.8. The van der Waals surface area contributed by atoms with Gasteiger partial charge >= 0.3 is 12.0 Å². The van der Waals surface area contributed by atoms with Crippen molar-refractivity contribution in [2.45, 2.75) is 32.9 Å². The van der Waals surface area contributed by atoms with Gasteiger partial charge in [0.25, 0.3) is 0 Å². The molecule has 0 fully saturated rings. The van der Waals surface area contributed by atoms with Crippen LogP contribution in [0, 0.1) is 0 Å². The van der Waals surface area contributed by atoms with Crippen molar-refractivity contribution in [1.29, 1.82) is 0 Å². The van der Waals surface area contributed by atoms with Crippen LogP contribution in [-0.4, -0.2) is 43.7 Å². The molecule has 0 aliphatic rings. The topological polar surface area (TPSA) is 67.9 Å². The summed E-state index contributed by atoms with van der Waals surface area (Å²) >= 11 is 0. The number of carbonyl (C=O) groups is 2. The van der Waals surface area contributed by atoms with Gasteiger partial charge < -0.3 is 19.7 Å². The summed E-state index contributed by atoms with van der Waals surface area (Å²) in [5, 5.41) is 2.69. The maximum atomic E-state index is 11.9. The monoisotopic (exact) mass is 308 g/mol. The Labute approximate surface area is 131 Å². The summed E-state index contributed by atoms with van der Waals surface area (Å²) in [5.74, 6) is 0.438. The van der Waals surface area contributed by atoms with Crippen LogP contribution in [-0.2, 0) is 16.1 Å². The summed E-state index contributed by atoms with van der Waals surface area (Å²) in [6.07, 6.45) is 0.0237. The third-order valence-corrected chi connectivity index (χ3v) is 2.87. The first-order valence-electron chi connectivity index (χ1n) is 7.23. The minimum Gasteiger partial charge on any atom is -0.497 e. The number of ether oxygens (including phenoxy) is 2. The van der Waals surface area contributed by atoms with Crippen molar-refractivity contribution >= 4 is 12.0 Å². The lowest BCUT2D eigenvalue weighted by molar-refractivity contribution is -0.147. The smallest absolute Gasteiger partial charge is 0.317 e. The number of nitrogens with zero attached hydrogens (tertiary/aromatic N) is 1. The Balaban J connectivity index is 2.37. The zero-order chi connectivity index (χ0) is 16.5. The molecule has 0 aliphatic heterocycles. The van der Waals surface area contributed by atoms with Gasteiger partial charge in [0, 0.05) is 20.1 Å². The highest BCUT2D eigenvalue weighted by Crippen LogP contribution is 2.13. The molecular formula is C16H24N2O4. The number of esters is 1. The normalized spacial score (nSPS) is 10.2. The second kappa shape index (κ2) is 8.92. The molecule has 0 radical (unpaired) electrons. The van der Waals surface area contributed by atoms with Crippen molar-refractivity contribution in [2.75, 3.05) is 20.7 Å². The molecule has 0 unspecified atom stereocenters. The third-order valence-electron chi connectivity index (χ3n) is 2.87. The van der Waals surface area contributed by atoms with E-state index in [0.717, 1.165) is 11.3 Å². The van der Waals surface area contributed by atoms with E-state index in [2.05, 4.69) is 5.32 Å². The maximum absolute atomic E-state index is 11.9. The van der Waals surface area contributed by atoms with Crippen LogP contribution in [0.1, 0.15) is 25.8 Å². The van der Waals surface area contributed by atoms with Crippen molar-refractivity contribution in [2.24, 2.45) is 0 Å². The predicted octanol–water partition coefficient (Wildman–Crippen LogP) is 2.18. The van der Waals surface area contributed by atoms with Gasteiger partial charge in [-0.25, -0.2) is 4.79 Å². The fraction of sp³-hybridized carbons (Fsp3) is 0.500. The predicted molar refractivity (Wildman–Crippen MR) is 83.7 cm³/mol. The van der Waals surface area contributed by atoms with Gasteiger partial charge in [-0.15, -0.1) is 0 Å². The fourth-order valence-corrected chi connectivity index (χ4v) is 1.84. The van der Waals surface area contributed by atoms with E-state index in [-0.39, 0.29) is 31.1 Å². The first kappa shape index (κ1) is 17.8. The Bertz CT molecular complexity index is 503. The number of carbonyl (C=O) groups excluding carboxylic acids is 2. The van der Waals surface area contributed by atoms with Gasteiger partial charge in [-0.05, 0) is 31.5 Å². The molecule has 0 aromatic heterocycles. The summed E-state index contributed by atoms with van der Waals surface area (Å²) in [6, 6.07) is 7.29. The molecule has 0 bridgehead atoms. The number of nitrogens with one attached hydrogen (secondary N) is 1. The summed E-state index contributed by atoms with van der Waals surface area (Å²) in [7, 11) is 3.30. The van der Waals surface area contributed by atoms with E-state index in [4.69, 9.17) is 9.47 Å². The Hall–Kier alpha value is -2.24. The molecule has 1 aromatic carbocycles. The molecule has 0 saturated carbocycles. The largest absolute Gasteiger partial charge is 0.497 e. The van der Waals surface area contributed by atoms with Gasteiger partial charge in [0.15, 0.2) is 0 Å². The van der Waals surface area contributed by atoms with E-state index in [1.54, 1.807) is 32.9 Å². The molecule has 6 heteroatoms. The summed E-state index contributed by atoms with van der Waals surface area (Å²) in [6.45, 7) is 4.29. The van der Waals surface area contributed by atoms with Crippen LogP contribution in [0.15, 0.2) is 24.3 Å². The average Bonchev–Trinajstić information content (AvgIpc) is 2.46. The van der Waals surface area contributed by atoms with Crippen LogP contribution < -0.4 is 10.1 Å². The molecule has 0 heterocycles. The molecule has 0 aliphatic carbocycles. The van der Waals surface area contributed by atoms with Crippen molar-refractivity contribution in [3.05, 3.63) is 29.8 Å². The SMILES string of the molecule is COc1cccc(CN(C)C(=O)NCCC(=O)OC(C)C)c1. The lowest BCUT2D eigenvalue weighted by atomic mass is 10.2. The number of rotatable bonds is 7. The molecule has 1 rings (SSSR count). The first-order chi connectivity index (χ1) is 10.4. The molecular weight excluding hydrogens is 284 g/mol. The van der Waals surface area contributed by atoms with Crippen LogP contribution in [0.25, 0.3) is 0 Å². The lowest BCUT2D eigenvalue weighted by Crippen LogP contribution is -2.38. The van der Waals surface area contributed by atoms with E-state index in [1.807, 2.05) is 24.3 Å². The van der Waals surface area contributed by atoms with Gasteiger partial charge in [0.1, 0.15) is 5.75 Å². The Morgan fingerprint density at radius 1 is 1.32 bits per heavy atom. The zero-order valence-corrected chi connectivity index (χ0v) is 13.6. The van der Waals surface area contributed by atoms with Crippen LogP contribution in [0.3, 0.4) is 0 Å². The van der Waals surface area contributed by atoms with Crippen LogP contribution >= 0.6 is 0 Å². The molecule has 122 valence electrons. The Kier molecular flexibility index (Phi) is 7.22. The van der Waals surface area contributed by atoms with E-state index < -0.39 is 0 Å². The number of methoxy groups -OCH3 is 1. The second-order valence-electron chi connectivity index (χ2n) is 5.23. The minimum absolute atomic E-state index is 0.140.